The van der Waals surface area contributed by atoms with E-state index in [1.807, 2.05) is 40.7 Å². The van der Waals surface area contributed by atoms with Crippen LogP contribution in [0.2, 0.25) is 0 Å². The summed E-state index contributed by atoms with van der Waals surface area (Å²) in [6, 6.07) is 9.36. The van der Waals surface area contributed by atoms with E-state index in [-0.39, 0.29) is 11.9 Å². The summed E-state index contributed by atoms with van der Waals surface area (Å²) in [5.74, 6) is 2.12. The SMILES string of the molecule is Cc1nnc(C)n1-c1cc(-c2cc(F)cc3c2ccn3SI)nc(N2CCOC[C@H]2C)c1. The zero-order chi connectivity index (χ0) is 22.4. The molecule has 1 aliphatic rings. The molecule has 0 N–H and O–H groups in total. The average molecular weight is 564 g/mol. The summed E-state index contributed by atoms with van der Waals surface area (Å²) >= 11 is 2.20. The zero-order valence-electron chi connectivity index (χ0n) is 17.9. The van der Waals surface area contributed by atoms with Crippen LogP contribution in [-0.4, -0.2) is 49.5 Å². The molecule has 1 aliphatic heterocycles. The van der Waals surface area contributed by atoms with Gasteiger partial charge in [-0.15, -0.1) is 10.2 Å². The lowest BCUT2D eigenvalue weighted by atomic mass is 10.1. The predicted molar refractivity (Wildman–Crippen MR) is 134 cm³/mol. The summed E-state index contributed by atoms with van der Waals surface area (Å²) in [6.45, 7) is 8.02. The van der Waals surface area contributed by atoms with Gasteiger partial charge < -0.3 is 9.64 Å². The van der Waals surface area contributed by atoms with E-state index in [4.69, 9.17) is 9.72 Å². The highest BCUT2D eigenvalue weighted by Crippen LogP contribution is 2.35. The van der Waals surface area contributed by atoms with Crippen LogP contribution >= 0.6 is 30.3 Å². The van der Waals surface area contributed by atoms with Crippen molar-refractivity contribution in [2.24, 2.45) is 0 Å². The van der Waals surface area contributed by atoms with Gasteiger partial charge in [0.1, 0.15) is 23.3 Å². The van der Waals surface area contributed by atoms with Gasteiger partial charge in [0.15, 0.2) is 0 Å². The predicted octanol–water partition coefficient (Wildman–Crippen LogP) is 5.11. The van der Waals surface area contributed by atoms with Crippen LogP contribution in [0.15, 0.2) is 36.5 Å². The van der Waals surface area contributed by atoms with E-state index in [9.17, 15) is 4.39 Å². The Kier molecular flexibility index (Phi) is 5.84. The Morgan fingerprint density at radius 1 is 1.16 bits per heavy atom. The Hall–Kier alpha value is -2.18. The van der Waals surface area contributed by atoms with Gasteiger partial charge in [0.25, 0.3) is 0 Å². The van der Waals surface area contributed by atoms with Crippen molar-refractivity contribution >= 4 is 47.0 Å². The number of ether oxygens (including phenoxy) is 1. The number of anilines is 1. The highest BCUT2D eigenvalue weighted by Gasteiger charge is 2.23. The summed E-state index contributed by atoms with van der Waals surface area (Å²) in [5.41, 5.74) is 3.20. The van der Waals surface area contributed by atoms with E-state index in [2.05, 4.69) is 49.3 Å². The second-order valence-electron chi connectivity index (χ2n) is 7.91. The molecule has 0 bridgehead atoms. The standard InChI is InChI=1S/C22H22FIN6OS/c1-13-12-31-7-6-28(13)22-11-17(30-14(2)26-27-15(30)3)10-20(25-22)19-8-16(23)9-21-18(19)4-5-29(21)32-24/h4-5,8-11,13H,6-7,12H2,1-3H3/t13-/m1/s1. The molecule has 0 saturated carbocycles. The molecule has 0 radical (unpaired) electrons. The number of pyridine rings is 1. The van der Waals surface area contributed by atoms with Crippen molar-refractivity contribution in [1.29, 1.82) is 0 Å². The molecule has 0 aliphatic carbocycles. The molecule has 32 heavy (non-hydrogen) atoms. The molecule has 166 valence electrons. The van der Waals surface area contributed by atoms with E-state index in [0.29, 0.717) is 18.9 Å². The van der Waals surface area contributed by atoms with Crippen LogP contribution in [0.4, 0.5) is 10.2 Å². The van der Waals surface area contributed by atoms with E-state index < -0.39 is 0 Å². The number of aromatic nitrogens is 5. The van der Waals surface area contributed by atoms with Crippen molar-refractivity contribution in [3.63, 3.8) is 0 Å². The van der Waals surface area contributed by atoms with Gasteiger partial charge in [0, 0.05) is 60.1 Å². The molecule has 1 fully saturated rings. The summed E-state index contributed by atoms with van der Waals surface area (Å²) in [7, 11) is 1.51. The minimum atomic E-state index is -0.289. The van der Waals surface area contributed by atoms with Crippen molar-refractivity contribution < 1.29 is 9.13 Å². The van der Waals surface area contributed by atoms with Gasteiger partial charge in [0.05, 0.1) is 36.2 Å². The highest BCUT2D eigenvalue weighted by atomic mass is 127. The van der Waals surface area contributed by atoms with Gasteiger partial charge in [-0.2, -0.15) is 0 Å². The Morgan fingerprint density at radius 3 is 2.66 bits per heavy atom. The Balaban J connectivity index is 1.76. The first-order chi connectivity index (χ1) is 15.5. The number of rotatable bonds is 4. The second kappa shape index (κ2) is 8.64. The van der Waals surface area contributed by atoms with Crippen LogP contribution in [-0.2, 0) is 4.74 Å². The Bertz CT molecular complexity index is 1290. The van der Waals surface area contributed by atoms with Gasteiger partial charge in [-0.1, -0.05) is 0 Å². The maximum atomic E-state index is 14.7. The van der Waals surface area contributed by atoms with Crippen LogP contribution in [0.5, 0.6) is 0 Å². The monoisotopic (exact) mass is 564 g/mol. The number of benzene rings is 1. The first-order valence-corrected chi connectivity index (χ1v) is 13.6. The second-order valence-corrected chi connectivity index (χ2v) is 9.63. The molecule has 1 saturated heterocycles. The van der Waals surface area contributed by atoms with Crippen LogP contribution in [0.3, 0.4) is 0 Å². The molecule has 10 heteroatoms. The Labute approximate surface area is 201 Å². The van der Waals surface area contributed by atoms with Gasteiger partial charge in [-0.05, 0) is 45.0 Å². The van der Waals surface area contributed by atoms with E-state index in [1.165, 1.54) is 9.12 Å². The third kappa shape index (κ3) is 3.77. The first-order valence-electron chi connectivity index (χ1n) is 10.3. The van der Waals surface area contributed by atoms with Crippen molar-refractivity contribution in [2.45, 2.75) is 26.8 Å². The Morgan fingerprint density at radius 2 is 1.94 bits per heavy atom. The van der Waals surface area contributed by atoms with E-state index >= 15 is 0 Å². The lowest BCUT2D eigenvalue weighted by Crippen LogP contribution is -2.44. The summed E-state index contributed by atoms with van der Waals surface area (Å²) < 4.78 is 24.3. The number of fused-ring (bicyclic) bond motifs is 1. The number of hydrogen-bond donors (Lipinski definition) is 0. The largest absolute Gasteiger partial charge is 0.377 e. The topological polar surface area (TPSA) is 61.0 Å². The van der Waals surface area contributed by atoms with Crippen molar-refractivity contribution in [3.05, 3.63) is 54.0 Å². The molecule has 7 nitrogen and oxygen atoms in total. The fourth-order valence-corrected chi connectivity index (χ4v) is 5.64. The van der Waals surface area contributed by atoms with E-state index in [0.717, 1.165) is 46.2 Å². The summed E-state index contributed by atoms with van der Waals surface area (Å²) in [4.78, 5) is 7.25. The number of hydrogen-bond acceptors (Lipinski definition) is 6. The number of nitrogens with zero attached hydrogens (tertiary/aromatic N) is 6. The number of morpholine rings is 1. The zero-order valence-corrected chi connectivity index (χ0v) is 20.9. The van der Waals surface area contributed by atoms with Crippen molar-refractivity contribution in [3.8, 4) is 16.9 Å². The van der Waals surface area contributed by atoms with Gasteiger partial charge in [-0.25, -0.2) is 9.37 Å². The molecule has 0 amide bonds. The molecule has 1 aromatic carbocycles. The fourth-order valence-electron chi connectivity index (χ4n) is 4.28. The first kappa shape index (κ1) is 21.7. The van der Waals surface area contributed by atoms with Gasteiger partial charge in [0.2, 0.25) is 0 Å². The minimum absolute atomic E-state index is 0.187. The highest BCUT2D eigenvalue weighted by molar-refractivity contribution is 14.2. The molecule has 3 aromatic heterocycles. The lowest BCUT2D eigenvalue weighted by molar-refractivity contribution is 0.0985. The van der Waals surface area contributed by atoms with E-state index in [1.54, 1.807) is 12.1 Å². The molecule has 4 aromatic rings. The third-order valence-corrected chi connectivity index (χ3v) is 7.53. The fraction of sp³-hybridized carbons (Fsp3) is 0.318. The van der Waals surface area contributed by atoms with Gasteiger partial charge >= 0.3 is 0 Å². The summed E-state index contributed by atoms with van der Waals surface area (Å²) in [5, 5.41) is 9.40. The average Bonchev–Trinajstić information content (AvgIpc) is 3.35. The van der Waals surface area contributed by atoms with Crippen LogP contribution in [0, 0.1) is 19.7 Å². The molecule has 0 unspecified atom stereocenters. The smallest absolute Gasteiger partial charge is 0.134 e. The summed E-state index contributed by atoms with van der Waals surface area (Å²) in [6.07, 6.45) is 1.95. The van der Waals surface area contributed by atoms with Crippen LogP contribution in [0.25, 0.3) is 27.8 Å². The number of aryl methyl sites for hydroxylation is 2. The molecule has 4 heterocycles. The van der Waals surface area contributed by atoms with Crippen molar-refractivity contribution in [2.75, 3.05) is 24.7 Å². The number of halogens is 2. The quantitative estimate of drug-likeness (QED) is 0.321. The normalized spacial score (nSPS) is 16.8. The maximum absolute atomic E-state index is 14.7. The maximum Gasteiger partial charge on any atom is 0.134 e. The molecular weight excluding hydrogens is 542 g/mol. The van der Waals surface area contributed by atoms with Gasteiger partial charge in [-0.3, -0.25) is 8.54 Å². The molecule has 1 atom stereocenters. The van der Waals surface area contributed by atoms with Crippen LogP contribution < -0.4 is 4.90 Å². The van der Waals surface area contributed by atoms with Crippen LogP contribution in [0.1, 0.15) is 18.6 Å². The molecular formula is C22H22FIN6OS. The third-order valence-electron chi connectivity index (χ3n) is 5.79. The molecule has 5 rings (SSSR count). The van der Waals surface area contributed by atoms with Crippen molar-refractivity contribution in [1.82, 2.24) is 23.7 Å². The lowest BCUT2D eigenvalue weighted by Gasteiger charge is -2.34. The molecule has 0 spiro atoms. The minimum Gasteiger partial charge on any atom is -0.377 e.